The fourth-order valence-electron chi connectivity index (χ4n) is 1.67. The van der Waals surface area contributed by atoms with Crippen molar-refractivity contribution in [1.29, 1.82) is 0 Å². The number of carboxylic acids is 2. The number of rotatable bonds is 9. The van der Waals surface area contributed by atoms with Gasteiger partial charge in [0.1, 0.15) is 17.8 Å². The van der Waals surface area contributed by atoms with Crippen LogP contribution in [0.3, 0.4) is 0 Å². The molecule has 120 valence electrons. The van der Waals surface area contributed by atoms with Crippen LogP contribution in [0.1, 0.15) is 12.0 Å². The Morgan fingerprint density at radius 2 is 1.50 bits per heavy atom. The molecular formula is C13H17N3O6. The monoisotopic (exact) mass is 311 g/mol. The predicted octanol–water partition coefficient (Wildman–Crippen LogP) is -1.19. The molecule has 0 radical (unpaired) electrons. The summed E-state index contributed by atoms with van der Waals surface area (Å²) in [6.07, 6.45) is -0.431. The number of aliphatic carboxylic acids is 2. The molecule has 0 aliphatic rings. The molecule has 1 aromatic rings. The van der Waals surface area contributed by atoms with Crippen molar-refractivity contribution in [3.8, 4) is 5.75 Å². The van der Waals surface area contributed by atoms with E-state index < -0.39 is 36.4 Å². The summed E-state index contributed by atoms with van der Waals surface area (Å²) in [5.74, 6) is -3.31. The smallest absolute Gasteiger partial charge is 0.322 e. The zero-order valence-electron chi connectivity index (χ0n) is 11.5. The van der Waals surface area contributed by atoms with Crippen LogP contribution < -0.4 is 16.6 Å². The number of phenolic OH excluding ortho intramolecular Hbond substituents is 1. The molecule has 0 fully saturated rings. The molecular weight excluding hydrogens is 294 g/mol. The molecule has 1 aromatic carbocycles. The number of hydrazine groups is 1. The first kappa shape index (κ1) is 17.4. The highest BCUT2D eigenvalue weighted by Gasteiger charge is 2.23. The zero-order chi connectivity index (χ0) is 16.7. The number of nitrogens with one attached hydrogen (secondary N) is 2. The average Bonchev–Trinajstić information content (AvgIpc) is 2.43. The van der Waals surface area contributed by atoms with Gasteiger partial charge in [0.25, 0.3) is 0 Å². The third kappa shape index (κ3) is 5.77. The number of hydrogen-bond donors (Lipinski definition) is 6. The van der Waals surface area contributed by atoms with Crippen molar-refractivity contribution in [2.24, 2.45) is 5.73 Å². The van der Waals surface area contributed by atoms with Gasteiger partial charge in [-0.15, -0.1) is 0 Å². The number of amides is 1. The molecule has 1 rings (SSSR count). The third-order valence-electron chi connectivity index (χ3n) is 2.81. The number of hydrogen-bond acceptors (Lipinski definition) is 6. The molecule has 9 nitrogen and oxygen atoms in total. The summed E-state index contributed by atoms with van der Waals surface area (Å²) in [5.41, 5.74) is 10.2. The minimum atomic E-state index is -1.33. The molecule has 1 amide bonds. The molecule has 0 saturated heterocycles. The first-order valence-electron chi connectivity index (χ1n) is 6.32. The van der Waals surface area contributed by atoms with Crippen LogP contribution in [-0.2, 0) is 20.8 Å². The molecule has 0 aromatic heterocycles. The maximum absolute atomic E-state index is 11.2. The van der Waals surface area contributed by atoms with Crippen molar-refractivity contribution >= 4 is 17.8 Å². The van der Waals surface area contributed by atoms with E-state index in [0.29, 0.717) is 5.56 Å². The van der Waals surface area contributed by atoms with Crippen molar-refractivity contribution < 1.29 is 29.7 Å². The molecule has 0 bridgehead atoms. The summed E-state index contributed by atoms with van der Waals surface area (Å²) in [5, 5.41) is 27.2. The average molecular weight is 311 g/mol. The highest BCUT2D eigenvalue weighted by atomic mass is 16.4. The number of carbonyl (C=O) groups excluding carboxylic acids is 1. The standard InChI is InChI=1S/C13H17N3O6/c14-11(18)6-10(13(21)22)16-15-9(12(19)20)5-7-1-3-8(17)4-2-7/h1-4,9-10,15-17H,5-6H2,(H2,14,18)(H,19,20)(H,21,22)/t9-,10-/m0/s1. The molecule has 0 aliphatic carbocycles. The van der Waals surface area contributed by atoms with Crippen molar-refractivity contribution in [1.82, 2.24) is 10.9 Å². The van der Waals surface area contributed by atoms with Gasteiger partial charge in [-0.05, 0) is 24.1 Å². The Labute approximate surface area is 125 Å². The quantitative estimate of drug-likeness (QED) is 0.310. The Balaban J connectivity index is 2.67. The van der Waals surface area contributed by atoms with Gasteiger partial charge in [-0.1, -0.05) is 12.1 Å². The molecule has 0 unspecified atom stereocenters. The maximum atomic E-state index is 11.2. The number of carboxylic acid groups (broad SMARTS) is 2. The first-order valence-corrected chi connectivity index (χ1v) is 6.32. The van der Waals surface area contributed by atoms with Crippen LogP contribution in [0.5, 0.6) is 5.75 Å². The second-order valence-electron chi connectivity index (χ2n) is 4.61. The summed E-state index contributed by atoms with van der Waals surface area (Å²) >= 11 is 0. The zero-order valence-corrected chi connectivity index (χ0v) is 11.5. The minimum absolute atomic E-state index is 0.0471. The van der Waals surface area contributed by atoms with E-state index in [4.69, 9.17) is 21.1 Å². The Kier molecular flexibility index (Phi) is 6.29. The number of primary amides is 1. The van der Waals surface area contributed by atoms with Gasteiger partial charge in [0, 0.05) is 0 Å². The van der Waals surface area contributed by atoms with Gasteiger partial charge in [-0.2, -0.15) is 0 Å². The van der Waals surface area contributed by atoms with Gasteiger partial charge < -0.3 is 21.1 Å². The molecule has 0 spiro atoms. The molecule has 0 heterocycles. The first-order chi connectivity index (χ1) is 10.3. The van der Waals surface area contributed by atoms with Gasteiger partial charge in [0.2, 0.25) is 5.91 Å². The van der Waals surface area contributed by atoms with Crippen LogP contribution >= 0.6 is 0 Å². The lowest BCUT2D eigenvalue weighted by Crippen LogP contribution is -2.54. The highest BCUT2D eigenvalue weighted by molar-refractivity contribution is 5.83. The highest BCUT2D eigenvalue weighted by Crippen LogP contribution is 2.11. The molecule has 0 saturated carbocycles. The van der Waals surface area contributed by atoms with Crippen molar-refractivity contribution in [2.45, 2.75) is 24.9 Å². The lowest BCUT2D eigenvalue weighted by molar-refractivity contribution is -0.143. The van der Waals surface area contributed by atoms with E-state index in [2.05, 4.69) is 10.9 Å². The van der Waals surface area contributed by atoms with E-state index >= 15 is 0 Å². The van der Waals surface area contributed by atoms with Gasteiger partial charge in [-0.3, -0.25) is 14.4 Å². The lowest BCUT2D eigenvalue weighted by atomic mass is 10.1. The Hall–Kier alpha value is -2.65. The Bertz CT molecular complexity index is 545. The fourth-order valence-corrected chi connectivity index (χ4v) is 1.67. The summed E-state index contributed by atoms with van der Waals surface area (Å²) < 4.78 is 0. The Morgan fingerprint density at radius 1 is 1.00 bits per heavy atom. The third-order valence-corrected chi connectivity index (χ3v) is 2.81. The van der Waals surface area contributed by atoms with Crippen LogP contribution in [-0.4, -0.2) is 45.2 Å². The summed E-state index contributed by atoms with van der Waals surface area (Å²) in [6.45, 7) is 0. The van der Waals surface area contributed by atoms with Crippen LogP contribution in [0.25, 0.3) is 0 Å². The van der Waals surface area contributed by atoms with Crippen LogP contribution in [0.15, 0.2) is 24.3 Å². The van der Waals surface area contributed by atoms with Gasteiger partial charge >= 0.3 is 11.9 Å². The van der Waals surface area contributed by atoms with E-state index in [-0.39, 0.29) is 12.2 Å². The van der Waals surface area contributed by atoms with Crippen molar-refractivity contribution in [2.75, 3.05) is 0 Å². The number of phenols is 1. The number of benzene rings is 1. The van der Waals surface area contributed by atoms with Gasteiger partial charge in [0.05, 0.1) is 6.42 Å². The van der Waals surface area contributed by atoms with Crippen LogP contribution in [0, 0.1) is 0 Å². The molecule has 9 heteroatoms. The molecule has 7 N–H and O–H groups in total. The van der Waals surface area contributed by atoms with Gasteiger partial charge in [-0.25, -0.2) is 10.9 Å². The van der Waals surface area contributed by atoms with Crippen LogP contribution in [0.2, 0.25) is 0 Å². The second kappa shape index (κ2) is 7.96. The topological polar surface area (TPSA) is 162 Å². The van der Waals surface area contributed by atoms with E-state index in [9.17, 15) is 14.4 Å². The second-order valence-corrected chi connectivity index (χ2v) is 4.61. The van der Waals surface area contributed by atoms with Gasteiger partial charge in [0.15, 0.2) is 0 Å². The summed E-state index contributed by atoms with van der Waals surface area (Å²) in [6, 6.07) is 3.46. The fraction of sp³-hybridized carbons (Fsp3) is 0.308. The molecule has 0 aliphatic heterocycles. The number of carbonyl (C=O) groups is 3. The molecule has 2 atom stereocenters. The van der Waals surface area contributed by atoms with E-state index in [0.717, 1.165) is 0 Å². The van der Waals surface area contributed by atoms with E-state index in [1.54, 1.807) is 12.1 Å². The number of aromatic hydroxyl groups is 1. The molecule has 22 heavy (non-hydrogen) atoms. The minimum Gasteiger partial charge on any atom is -0.508 e. The van der Waals surface area contributed by atoms with Crippen molar-refractivity contribution in [3.63, 3.8) is 0 Å². The summed E-state index contributed by atoms with van der Waals surface area (Å²) in [4.78, 5) is 32.9. The maximum Gasteiger partial charge on any atom is 0.322 e. The Morgan fingerprint density at radius 3 is 1.95 bits per heavy atom. The van der Waals surface area contributed by atoms with E-state index in [1.165, 1.54) is 12.1 Å². The van der Waals surface area contributed by atoms with E-state index in [1.807, 2.05) is 0 Å². The summed E-state index contributed by atoms with van der Waals surface area (Å²) in [7, 11) is 0. The lowest BCUT2D eigenvalue weighted by Gasteiger charge is -2.19. The van der Waals surface area contributed by atoms with Crippen LogP contribution in [0.4, 0.5) is 0 Å². The SMILES string of the molecule is NC(=O)C[C@H](NN[C@@H](Cc1ccc(O)cc1)C(=O)O)C(=O)O. The largest absolute Gasteiger partial charge is 0.508 e. The number of nitrogens with two attached hydrogens (primary N) is 1. The normalized spacial score (nSPS) is 13.3. The predicted molar refractivity (Wildman–Crippen MR) is 74.7 cm³/mol. The van der Waals surface area contributed by atoms with Crippen molar-refractivity contribution in [3.05, 3.63) is 29.8 Å².